The fourth-order valence-corrected chi connectivity index (χ4v) is 9.15. The Labute approximate surface area is 337 Å². The Morgan fingerprint density at radius 3 is 1.57 bits per heavy atom. The number of rotatable bonds is 6. The van der Waals surface area contributed by atoms with Gasteiger partial charge in [0.25, 0.3) is 0 Å². The summed E-state index contributed by atoms with van der Waals surface area (Å²) in [6, 6.07) is 68.9. The van der Waals surface area contributed by atoms with E-state index in [2.05, 4.69) is 206 Å². The SMILES string of the molecule is CC1(C)c2ccccc2-c2cccc(-c3nc(-c4cccc(-c5ccccc5)c4)nc(-c4ccc(-c5ccccc5)cc4-n4c5ccccc5c5ccccc54)n3)c21. The summed E-state index contributed by atoms with van der Waals surface area (Å²) in [5.74, 6) is 1.90. The molecular weight excluding hydrogens is 705 g/mol. The fraction of sp³-hybridized carbons (Fsp3) is 0.0556. The van der Waals surface area contributed by atoms with Crippen LogP contribution in [0.3, 0.4) is 0 Å². The molecule has 0 unspecified atom stereocenters. The Balaban J connectivity index is 1.20. The summed E-state index contributed by atoms with van der Waals surface area (Å²) in [5, 5.41) is 2.40. The van der Waals surface area contributed by atoms with E-state index in [9.17, 15) is 0 Å². The van der Waals surface area contributed by atoms with E-state index in [-0.39, 0.29) is 5.41 Å². The van der Waals surface area contributed by atoms with Gasteiger partial charge in [0.05, 0.1) is 16.7 Å². The van der Waals surface area contributed by atoms with E-state index in [1.54, 1.807) is 0 Å². The second kappa shape index (κ2) is 13.4. The highest BCUT2D eigenvalue weighted by molar-refractivity contribution is 6.09. The summed E-state index contributed by atoms with van der Waals surface area (Å²) in [4.78, 5) is 16.3. The largest absolute Gasteiger partial charge is 0.308 e. The predicted octanol–water partition coefficient (Wildman–Crippen LogP) is 13.6. The fourth-order valence-electron chi connectivity index (χ4n) is 9.15. The van der Waals surface area contributed by atoms with Gasteiger partial charge < -0.3 is 4.57 Å². The lowest BCUT2D eigenvalue weighted by molar-refractivity contribution is 0.661. The molecule has 274 valence electrons. The lowest BCUT2D eigenvalue weighted by Crippen LogP contribution is -2.17. The van der Waals surface area contributed by atoms with Crippen LogP contribution in [0, 0.1) is 0 Å². The molecule has 0 saturated heterocycles. The zero-order valence-electron chi connectivity index (χ0n) is 32.3. The van der Waals surface area contributed by atoms with Gasteiger partial charge in [-0.1, -0.05) is 178 Å². The van der Waals surface area contributed by atoms with Crippen LogP contribution in [0.2, 0.25) is 0 Å². The minimum Gasteiger partial charge on any atom is -0.308 e. The van der Waals surface area contributed by atoms with Crippen molar-refractivity contribution in [2.75, 3.05) is 0 Å². The summed E-state index contributed by atoms with van der Waals surface area (Å²) >= 11 is 0. The van der Waals surface area contributed by atoms with Gasteiger partial charge >= 0.3 is 0 Å². The molecule has 0 fully saturated rings. The van der Waals surface area contributed by atoms with Gasteiger partial charge in [-0.05, 0) is 74.8 Å². The molecule has 11 rings (SSSR count). The van der Waals surface area contributed by atoms with Crippen molar-refractivity contribution in [1.82, 2.24) is 19.5 Å². The van der Waals surface area contributed by atoms with Crippen LogP contribution < -0.4 is 0 Å². The van der Waals surface area contributed by atoms with Crippen molar-refractivity contribution in [1.29, 1.82) is 0 Å². The molecule has 0 spiro atoms. The molecule has 1 aliphatic rings. The van der Waals surface area contributed by atoms with Crippen LogP contribution in [-0.2, 0) is 5.41 Å². The Hall–Kier alpha value is -7.43. The summed E-state index contributed by atoms with van der Waals surface area (Å²) < 4.78 is 2.38. The topological polar surface area (TPSA) is 43.6 Å². The molecule has 2 aromatic heterocycles. The third kappa shape index (κ3) is 5.41. The molecule has 0 bridgehead atoms. The van der Waals surface area contributed by atoms with E-state index in [4.69, 9.17) is 15.0 Å². The normalized spacial score (nSPS) is 12.8. The number of benzene rings is 8. The highest BCUT2D eigenvalue weighted by Crippen LogP contribution is 2.52. The molecule has 2 heterocycles. The van der Waals surface area contributed by atoms with Gasteiger partial charge in [-0.3, -0.25) is 0 Å². The van der Waals surface area contributed by atoms with E-state index in [0.29, 0.717) is 17.5 Å². The highest BCUT2D eigenvalue weighted by Gasteiger charge is 2.38. The number of para-hydroxylation sites is 2. The van der Waals surface area contributed by atoms with Crippen LogP contribution in [0.1, 0.15) is 25.0 Å². The van der Waals surface area contributed by atoms with Crippen molar-refractivity contribution in [2.24, 2.45) is 0 Å². The molecule has 8 aromatic carbocycles. The first-order valence-corrected chi connectivity index (χ1v) is 19.9. The molecule has 0 aliphatic heterocycles. The monoisotopic (exact) mass is 742 g/mol. The van der Waals surface area contributed by atoms with Crippen LogP contribution in [0.4, 0.5) is 0 Å². The Morgan fingerprint density at radius 1 is 0.362 bits per heavy atom. The van der Waals surface area contributed by atoms with Crippen LogP contribution in [0.5, 0.6) is 0 Å². The average Bonchev–Trinajstić information content (AvgIpc) is 3.75. The highest BCUT2D eigenvalue weighted by atomic mass is 15.1. The van der Waals surface area contributed by atoms with Gasteiger partial charge in [0.15, 0.2) is 17.5 Å². The molecular formula is C54H38N4. The van der Waals surface area contributed by atoms with Gasteiger partial charge in [-0.2, -0.15) is 0 Å². The predicted molar refractivity (Wildman–Crippen MR) is 239 cm³/mol. The lowest BCUT2D eigenvalue weighted by Gasteiger charge is -2.24. The first-order chi connectivity index (χ1) is 28.5. The number of hydrogen-bond acceptors (Lipinski definition) is 3. The van der Waals surface area contributed by atoms with Gasteiger partial charge in [0.1, 0.15) is 0 Å². The number of fused-ring (bicyclic) bond motifs is 6. The standard InChI is InChI=1S/C54H38N4/c1-54(2)46-28-12-9-23-40(46)43-26-16-27-45(50(43)54)53-56-51(39-22-15-21-37(33-39)35-17-5-3-6-18-35)55-52(57-53)44-32-31-38(36-19-7-4-8-20-36)34-49(44)58-47-29-13-10-24-41(47)42-25-11-14-30-48(42)58/h3-34H,1-2H3. The van der Waals surface area contributed by atoms with E-state index >= 15 is 0 Å². The van der Waals surface area contributed by atoms with E-state index in [1.807, 2.05) is 6.07 Å². The third-order valence-corrected chi connectivity index (χ3v) is 11.9. The van der Waals surface area contributed by atoms with Crippen molar-refractivity contribution >= 4 is 21.8 Å². The summed E-state index contributed by atoms with van der Waals surface area (Å²) in [6.45, 7) is 4.63. The van der Waals surface area contributed by atoms with Crippen molar-refractivity contribution in [2.45, 2.75) is 19.3 Å². The quantitative estimate of drug-likeness (QED) is 0.170. The molecule has 58 heavy (non-hydrogen) atoms. The van der Waals surface area contributed by atoms with Crippen LogP contribution in [-0.4, -0.2) is 19.5 Å². The smallest absolute Gasteiger partial charge is 0.166 e. The Morgan fingerprint density at radius 2 is 0.862 bits per heavy atom. The van der Waals surface area contributed by atoms with Crippen molar-refractivity contribution in [3.63, 3.8) is 0 Å². The molecule has 4 heteroatoms. The zero-order valence-corrected chi connectivity index (χ0v) is 32.3. The van der Waals surface area contributed by atoms with Crippen LogP contribution in [0.15, 0.2) is 194 Å². The number of nitrogens with zero attached hydrogens (tertiary/aromatic N) is 4. The molecule has 4 nitrogen and oxygen atoms in total. The molecule has 0 saturated carbocycles. The number of hydrogen-bond donors (Lipinski definition) is 0. The molecule has 1 aliphatic carbocycles. The van der Waals surface area contributed by atoms with Gasteiger partial charge in [-0.25, -0.2) is 15.0 Å². The minimum absolute atomic E-state index is 0.256. The summed E-state index contributed by atoms with van der Waals surface area (Å²) in [5.41, 5.74) is 15.4. The van der Waals surface area contributed by atoms with E-state index < -0.39 is 0 Å². The van der Waals surface area contributed by atoms with Crippen molar-refractivity contribution in [3.8, 4) is 73.2 Å². The third-order valence-electron chi connectivity index (χ3n) is 11.9. The first-order valence-electron chi connectivity index (χ1n) is 19.9. The lowest BCUT2D eigenvalue weighted by atomic mass is 9.80. The second-order valence-electron chi connectivity index (χ2n) is 15.6. The zero-order chi connectivity index (χ0) is 38.8. The molecule has 0 atom stereocenters. The van der Waals surface area contributed by atoms with Gasteiger partial charge in [0, 0.05) is 32.9 Å². The second-order valence-corrected chi connectivity index (χ2v) is 15.6. The maximum atomic E-state index is 5.48. The minimum atomic E-state index is -0.256. The van der Waals surface area contributed by atoms with Gasteiger partial charge in [-0.15, -0.1) is 0 Å². The first kappa shape index (κ1) is 33.9. The summed E-state index contributed by atoms with van der Waals surface area (Å²) in [6.07, 6.45) is 0. The Bertz CT molecular complexity index is 3140. The average molecular weight is 743 g/mol. The van der Waals surface area contributed by atoms with Crippen LogP contribution in [0.25, 0.3) is 95.0 Å². The molecule has 10 aromatic rings. The molecule has 0 amide bonds. The Kier molecular flexibility index (Phi) is 7.80. The van der Waals surface area contributed by atoms with Gasteiger partial charge in [0.2, 0.25) is 0 Å². The van der Waals surface area contributed by atoms with Crippen molar-refractivity contribution in [3.05, 3.63) is 205 Å². The summed E-state index contributed by atoms with van der Waals surface area (Å²) in [7, 11) is 0. The number of aromatic nitrogens is 4. The maximum Gasteiger partial charge on any atom is 0.166 e. The maximum absolute atomic E-state index is 5.48. The van der Waals surface area contributed by atoms with E-state index in [0.717, 1.165) is 55.7 Å². The molecule has 0 radical (unpaired) electrons. The van der Waals surface area contributed by atoms with E-state index in [1.165, 1.54) is 33.0 Å². The van der Waals surface area contributed by atoms with Crippen molar-refractivity contribution < 1.29 is 0 Å². The van der Waals surface area contributed by atoms with Crippen LogP contribution >= 0.6 is 0 Å². The molecule has 0 N–H and O–H groups in total.